The highest BCUT2D eigenvalue weighted by Crippen LogP contribution is 2.28. The molecule has 7 heteroatoms. The molecule has 2 aromatic carbocycles. The molecule has 0 bridgehead atoms. The van der Waals surface area contributed by atoms with Gasteiger partial charge in [-0.25, -0.2) is 10.2 Å². The molecular weight excluding hydrogens is 452 g/mol. The van der Waals surface area contributed by atoms with E-state index in [1.807, 2.05) is 12.1 Å². The summed E-state index contributed by atoms with van der Waals surface area (Å²) in [5, 5.41) is 4.75. The quantitative estimate of drug-likeness (QED) is 0.353. The van der Waals surface area contributed by atoms with Gasteiger partial charge >= 0.3 is 5.63 Å². The minimum Gasteiger partial charge on any atom is -0.421 e. The van der Waals surface area contributed by atoms with E-state index in [0.29, 0.717) is 21.3 Å². The number of carbonyl (C=O) groups excluding carboxylic acids is 1. The largest absolute Gasteiger partial charge is 0.421 e. The Morgan fingerprint density at radius 1 is 1.12 bits per heavy atom. The molecule has 0 atom stereocenters. The average molecular weight is 464 g/mol. The number of fused-ring (bicyclic) bond motifs is 1. The van der Waals surface area contributed by atoms with Gasteiger partial charge in [-0.05, 0) is 53.2 Å². The van der Waals surface area contributed by atoms with Gasteiger partial charge in [-0.3, -0.25) is 4.79 Å². The van der Waals surface area contributed by atoms with Crippen LogP contribution in [0.25, 0.3) is 11.0 Å². The van der Waals surface area contributed by atoms with E-state index in [4.69, 9.17) is 4.42 Å². The van der Waals surface area contributed by atoms with Crippen LogP contribution < -0.4 is 11.1 Å². The first-order chi connectivity index (χ1) is 12.0. The Morgan fingerprint density at radius 3 is 2.56 bits per heavy atom. The first-order valence-corrected chi connectivity index (χ1v) is 8.87. The number of amides is 1. The maximum absolute atomic E-state index is 12.2. The van der Waals surface area contributed by atoms with Crippen molar-refractivity contribution in [1.29, 1.82) is 0 Å². The van der Waals surface area contributed by atoms with Crippen LogP contribution in [0.4, 0.5) is 0 Å². The number of benzene rings is 2. The van der Waals surface area contributed by atoms with Crippen molar-refractivity contribution in [1.82, 2.24) is 5.43 Å². The minimum absolute atomic E-state index is 0.283. The number of hydrogen-bond donors (Lipinski definition) is 1. The van der Waals surface area contributed by atoms with Crippen LogP contribution in [-0.4, -0.2) is 11.6 Å². The van der Waals surface area contributed by atoms with Crippen molar-refractivity contribution in [2.75, 3.05) is 0 Å². The first kappa shape index (κ1) is 17.6. The lowest BCUT2D eigenvalue weighted by Crippen LogP contribution is -2.21. The van der Waals surface area contributed by atoms with Crippen LogP contribution in [0.1, 0.15) is 22.8 Å². The van der Waals surface area contributed by atoms with Gasteiger partial charge in [-0.15, -0.1) is 0 Å². The Hall–Kier alpha value is -2.25. The second-order valence-corrected chi connectivity index (χ2v) is 7.03. The zero-order valence-electron chi connectivity index (χ0n) is 13.0. The van der Waals surface area contributed by atoms with Gasteiger partial charge in [-0.1, -0.05) is 34.1 Å². The second-order valence-electron chi connectivity index (χ2n) is 5.26. The third-order valence-electron chi connectivity index (χ3n) is 3.50. The lowest BCUT2D eigenvalue weighted by Gasteiger charge is -2.05. The summed E-state index contributed by atoms with van der Waals surface area (Å²) in [7, 11) is 0. The molecule has 5 nitrogen and oxygen atoms in total. The van der Waals surface area contributed by atoms with Crippen molar-refractivity contribution < 1.29 is 9.21 Å². The minimum atomic E-state index is -0.522. The Kier molecular flexibility index (Phi) is 5.15. The standard InChI is InChI=1S/C18H12Br2N2O3/c1-10(21-22-17(23)11-5-3-2-4-6-11)14-8-12-7-13(19)9-15(20)16(12)25-18(14)24/h2-9H,1H3,(H,22,23). The van der Waals surface area contributed by atoms with Gasteiger partial charge in [0.25, 0.3) is 5.91 Å². The lowest BCUT2D eigenvalue weighted by molar-refractivity contribution is 0.0955. The van der Waals surface area contributed by atoms with Crippen LogP contribution in [0.3, 0.4) is 0 Å². The third kappa shape index (κ3) is 3.88. The van der Waals surface area contributed by atoms with Gasteiger partial charge in [-0.2, -0.15) is 5.10 Å². The third-order valence-corrected chi connectivity index (χ3v) is 4.55. The summed E-state index contributed by atoms with van der Waals surface area (Å²) in [4.78, 5) is 24.3. The number of rotatable bonds is 3. The number of halogens is 2. The van der Waals surface area contributed by atoms with Crippen molar-refractivity contribution in [3.8, 4) is 0 Å². The van der Waals surface area contributed by atoms with Crippen molar-refractivity contribution in [3.05, 3.63) is 79.0 Å². The zero-order chi connectivity index (χ0) is 18.0. The number of hydrazone groups is 1. The van der Waals surface area contributed by atoms with E-state index in [1.165, 1.54) is 0 Å². The molecule has 3 rings (SSSR count). The lowest BCUT2D eigenvalue weighted by atomic mass is 10.1. The molecule has 0 aliphatic carbocycles. The Bertz CT molecular complexity index is 1040. The highest BCUT2D eigenvalue weighted by atomic mass is 79.9. The molecule has 0 aliphatic heterocycles. The van der Waals surface area contributed by atoms with Crippen molar-refractivity contribution in [3.63, 3.8) is 0 Å². The van der Waals surface area contributed by atoms with E-state index in [1.54, 1.807) is 43.3 Å². The molecule has 0 saturated heterocycles. The molecule has 126 valence electrons. The molecule has 1 aromatic heterocycles. The van der Waals surface area contributed by atoms with Gasteiger partial charge in [0, 0.05) is 15.4 Å². The first-order valence-electron chi connectivity index (χ1n) is 7.28. The maximum atomic E-state index is 12.2. The summed E-state index contributed by atoms with van der Waals surface area (Å²) >= 11 is 6.77. The van der Waals surface area contributed by atoms with Gasteiger partial charge in [0.05, 0.1) is 15.7 Å². The smallest absolute Gasteiger partial charge is 0.345 e. The topological polar surface area (TPSA) is 71.7 Å². The summed E-state index contributed by atoms with van der Waals surface area (Å²) in [5.41, 5.74) is 3.50. The second kappa shape index (κ2) is 7.33. The predicted molar refractivity (Wildman–Crippen MR) is 104 cm³/mol. The normalized spacial score (nSPS) is 11.6. The van der Waals surface area contributed by atoms with E-state index in [-0.39, 0.29) is 11.5 Å². The van der Waals surface area contributed by atoms with Gasteiger partial charge in [0.1, 0.15) is 0 Å². The summed E-state index contributed by atoms with van der Waals surface area (Å²) in [5.74, 6) is -0.351. The van der Waals surface area contributed by atoms with Crippen LogP contribution >= 0.6 is 31.9 Å². The predicted octanol–water partition coefficient (Wildman–Crippen LogP) is 4.47. The van der Waals surface area contributed by atoms with E-state index >= 15 is 0 Å². The van der Waals surface area contributed by atoms with Gasteiger partial charge < -0.3 is 4.42 Å². The monoisotopic (exact) mass is 462 g/mol. The van der Waals surface area contributed by atoms with E-state index in [9.17, 15) is 9.59 Å². The summed E-state index contributed by atoms with van der Waals surface area (Å²) < 4.78 is 6.89. The van der Waals surface area contributed by atoms with Crippen molar-refractivity contribution in [2.24, 2.45) is 5.10 Å². The molecule has 0 saturated carbocycles. The average Bonchev–Trinajstić information content (AvgIpc) is 2.60. The molecule has 1 amide bonds. The number of nitrogens with zero attached hydrogens (tertiary/aromatic N) is 1. The van der Waals surface area contributed by atoms with Crippen LogP contribution in [0.15, 0.2) is 71.8 Å². The zero-order valence-corrected chi connectivity index (χ0v) is 16.2. The highest BCUT2D eigenvalue weighted by Gasteiger charge is 2.12. The SMILES string of the molecule is CC(=NNC(=O)c1ccccc1)c1cc2cc(Br)cc(Br)c2oc1=O. The Labute approximate surface area is 160 Å². The fraction of sp³-hybridized carbons (Fsp3) is 0.0556. The van der Waals surface area contributed by atoms with Crippen molar-refractivity contribution in [2.45, 2.75) is 6.92 Å². The van der Waals surface area contributed by atoms with Crippen LogP contribution in [0.5, 0.6) is 0 Å². The van der Waals surface area contributed by atoms with Gasteiger partial charge in [0.2, 0.25) is 0 Å². The molecular formula is C18H12Br2N2O3. The van der Waals surface area contributed by atoms with Crippen molar-refractivity contribution >= 4 is 54.4 Å². The highest BCUT2D eigenvalue weighted by molar-refractivity contribution is 9.11. The maximum Gasteiger partial charge on any atom is 0.345 e. The molecule has 0 radical (unpaired) electrons. The van der Waals surface area contributed by atoms with E-state index in [0.717, 1.165) is 9.86 Å². The Morgan fingerprint density at radius 2 is 1.84 bits per heavy atom. The molecule has 1 heterocycles. The number of nitrogens with one attached hydrogen (secondary N) is 1. The molecule has 3 aromatic rings. The molecule has 25 heavy (non-hydrogen) atoms. The molecule has 0 fully saturated rings. The van der Waals surface area contributed by atoms with Crippen LogP contribution in [0, 0.1) is 0 Å². The molecule has 0 aliphatic rings. The number of carbonyl (C=O) groups is 1. The van der Waals surface area contributed by atoms with E-state index < -0.39 is 5.63 Å². The fourth-order valence-electron chi connectivity index (χ4n) is 2.26. The van der Waals surface area contributed by atoms with Crippen LogP contribution in [0.2, 0.25) is 0 Å². The van der Waals surface area contributed by atoms with Gasteiger partial charge in [0.15, 0.2) is 5.58 Å². The Balaban J connectivity index is 1.94. The summed E-state index contributed by atoms with van der Waals surface area (Å²) in [6, 6.07) is 14.0. The fourth-order valence-corrected chi connectivity index (χ4v) is 3.60. The molecule has 1 N–H and O–H groups in total. The molecule has 0 unspecified atom stereocenters. The van der Waals surface area contributed by atoms with E-state index in [2.05, 4.69) is 42.4 Å². The molecule has 0 spiro atoms. The van der Waals surface area contributed by atoms with Crippen LogP contribution in [-0.2, 0) is 0 Å². The summed E-state index contributed by atoms with van der Waals surface area (Å²) in [6.45, 7) is 1.64. The number of hydrogen-bond acceptors (Lipinski definition) is 4. The summed E-state index contributed by atoms with van der Waals surface area (Å²) in [6.07, 6.45) is 0.